The van der Waals surface area contributed by atoms with Gasteiger partial charge in [0.05, 0.1) is 25.6 Å². The number of likely N-dealkylation sites (tertiary alicyclic amines) is 1. The predicted molar refractivity (Wildman–Crippen MR) is 83.5 cm³/mol. The summed E-state index contributed by atoms with van der Waals surface area (Å²) in [6.45, 7) is 2.14. The lowest BCUT2D eigenvalue weighted by Crippen LogP contribution is -2.39. The summed E-state index contributed by atoms with van der Waals surface area (Å²) in [5.41, 5.74) is 0.843. The molecule has 0 bridgehead atoms. The second-order valence-electron chi connectivity index (χ2n) is 5.39. The number of aromatic nitrogens is 4. The van der Waals surface area contributed by atoms with Gasteiger partial charge in [-0.05, 0) is 59.8 Å². The second-order valence-corrected chi connectivity index (χ2v) is 5.75. The Kier molecular flexibility index (Phi) is 4.51. The molecule has 2 heterocycles. The molecule has 1 N–H and O–H groups in total. The number of methoxy groups -OCH3 is 1. The lowest BCUT2D eigenvalue weighted by atomic mass is 10.1. The minimum Gasteiger partial charge on any atom is -0.497 e. The molecular weight excluding hydrogens is 302 g/mol. The van der Waals surface area contributed by atoms with Gasteiger partial charge in [-0.1, -0.05) is 0 Å². The molecule has 1 saturated heterocycles. The first-order valence-electron chi connectivity index (χ1n) is 7.25. The Balaban J connectivity index is 1.77. The number of hydrogen-bond acceptors (Lipinski definition) is 6. The lowest BCUT2D eigenvalue weighted by Gasteiger charge is -2.29. The number of hydrogen-bond donors (Lipinski definition) is 1. The number of ether oxygens (including phenoxy) is 1. The van der Waals surface area contributed by atoms with Crippen molar-refractivity contribution in [1.29, 1.82) is 0 Å². The van der Waals surface area contributed by atoms with E-state index in [9.17, 15) is 5.11 Å². The molecule has 0 radical (unpaired) electrons. The largest absolute Gasteiger partial charge is 0.497 e. The van der Waals surface area contributed by atoms with Gasteiger partial charge in [0, 0.05) is 13.1 Å². The molecule has 1 aromatic heterocycles. The third-order valence-corrected chi connectivity index (χ3v) is 4.15. The number of aliphatic hydroxyl groups excluding tert-OH is 1. The highest BCUT2D eigenvalue weighted by atomic mass is 32.1. The lowest BCUT2D eigenvalue weighted by molar-refractivity contribution is 0.0509. The number of nitrogens with zero attached hydrogens (tertiary/aromatic N) is 5. The van der Waals surface area contributed by atoms with E-state index in [-0.39, 0.29) is 6.10 Å². The Morgan fingerprint density at radius 1 is 1.32 bits per heavy atom. The normalized spacial score (nSPS) is 19.3. The van der Waals surface area contributed by atoms with Crippen LogP contribution in [-0.2, 0) is 6.67 Å². The molecule has 0 aliphatic carbocycles. The van der Waals surface area contributed by atoms with Crippen LogP contribution in [-0.4, -0.2) is 56.1 Å². The molecule has 0 unspecified atom stereocenters. The summed E-state index contributed by atoms with van der Waals surface area (Å²) in [6, 6.07) is 7.49. The molecule has 1 aliphatic rings. The van der Waals surface area contributed by atoms with Gasteiger partial charge in [0.1, 0.15) is 5.75 Å². The van der Waals surface area contributed by atoms with Crippen LogP contribution in [0.25, 0.3) is 5.69 Å². The van der Waals surface area contributed by atoms with Crippen molar-refractivity contribution in [2.24, 2.45) is 0 Å². The molecule has 0 amide bonds. The number of β-amino-alcohol motifs (C(OH)–C–C–N with tert-alkyl or cyclic N) is 1. The van der Waals surface area contributed by atoms with Crippen LogP contribution in [0.15, 0.2) is 24.3 Å². The van der Waals surface area contributed by atoms with Crippen LogP contribution in [0, 0.1) is 4.77 Å². The van der Waals surface area contributed by atoms with Crippen molar-refractivity contribution in [3.05, 3.63) is 29.0 Å². The Bertz CT molecular complexity index is 681. The molecule has 2 aromatic rings. The first-order valence-corrected chi connectivity index (χ1v) is 7.66. The molecule has 7 nitrogen and oxygen atoms in total. The van der Waals surface area contributed by atoms with Crippen molar-refractivity contribution in [1.82, 2.24) is 24.7 Å². The summed E-state index contributed by atoms with van der Waals surface area (Å²) in [6.07, 6.45) is 1.58. The van der Waals surface area contributed by atoms with Gasteiger partial charge in [0.2, 0.25) is 4.77 Å². The molecule has 3 rings (SSSR count). The van der Waals surface area contributed by atoms with Crippen molar-refractivity contribution >= 4 is 12.2 Å². The van der Waals surface area contributed by atoms with Gasteiger partial charge < -0.3 is 9.84 Å². The van der Waals surface area contributed by atoms with Crippen LogP contribution in [0.5, 0.6) is 5.75 Å². The zero-order chi connectivity index (χ0) is 15.5. The standard InChI is InChI=1S/C14H19N5O2S/c1-21-13-6-4-11(5-7-13)19-14(22)18(15-16-19)10-17-8-2-3-12(20)9-17/h4-7,12,20H,2-3,8-10H2,1H3/t12-/m0/s1. The molecule has 22 heavy (non-hydrogen) atoms. The SMILES string of the molecule is COc1ccc(-n2nnn(CN3CCC[C@H](O)C3)c2=S)cc1. The summed E-state index contributed by atoms with van der Waals surface area (Å²) >= 11 is 5.45. The average Bonchev–Trinajstić information content (AvgIpc) is 2.89. The fraction of sp³-hybridized carbons (Fsp3) is 0.500. The minimum absolute atomic E-state index is 0.264. The maximum Gasteiger partial charge on any atom is 0.221 e. The zero-order valence-corrected chi connectivity index (χ0v) is 13.2. The van der Waals surface area contributed by atoms with E-state index in [1.807, 2.05) is 24.3 Å². The highest BCUT2D eigenvalue weighted by Crippen LogP contribution is 2.15. The molecule has 118 valence electrons. The molecule has 1 aliphatic heterocycles. The number of aliphatic hydroxyl groups is 1. The predicted octanol–water partition coefficient (Wildman–Crippen LogP) is 1.22. The number of piperidine rings is 1. The Morgan fingerprint density at radius 2 is 2.09 bits per heavy atom. The van der Waals surface area contributed by atoms with Crippen molar-refractivity contribution < 1.29 is 9.84 Å². The Labute approximate surface area is 133 Å². The fourth-order valence-electron chi connectivity index (χ4n) is 2.60. The van der Waals surface area contributed by atoms with Crippen LogP contribution >= 0.6 is 12.2 Å². The van der Waals surface area contributed by atoms with E-state index in [1.54, 1.807) is 16.5 Å². The van der Waals surface area contributed by atoms with Gasteiger partial charge in [0.15, 0.2) is 0 Å². The monoisotopic (exact) mass is 321 g/mol. The van der Waals surface area contributed by atoms with Crippen LogP contribution in [0.1, 0.15) is 12.8 Å². The molecule has 1 atom stereocenters. The van der Waals surface area contributed by atoms with Gasteiger partial charge >= 0.3 is 0 Å². The Hall–Kier alpha value is -1.77. The maximum atomic E-state index is 9.73. The quantitative estimate of drug-likeness (QED) is 0.854. The van der Waals surface area contributed by atoms with E-state index in [1.165, 1.54) is 0 Å². The van der Waals surface area contributed by atoms with Gasteiger partial charge in [-0.25, -0.2) is 4.68 Å². The first-order chi connectivity index (χ1) is 10.7. The molecule has 0 spiro atoms. The molecule has 8 heteroatoms. The molecule has 0 saturated carbocycles. The summed E-state index contributed by atoms with van der Waals surface area (Å²) in [4.78, 5) is 2.14. The number of benzene rings is 1. The van der Waals surface area contributed by atoms with Crippen molar-refractivity contribution in [3.63, 3.8) is 0 Å². The van der Waals surface area contributed by atoms with E-state index in [2.05, 4.69) is 15.3 Å². The average molecular weight is 321 g/mol. The second kappa shape index (κ2) is 6.55. The van der Waals surface area contributed by atoms with Gasteiger partial charge in [-0.15, -0.1) is 0 Å². The van der Waals surface area contributed by atoms with E-state index < -0.39 is 0 Å². The minimum atomic E-state index is -0.264. The van der Waals surface area contributed by atoms with Gasteiger partial charge in [-0.2, -0.15) is 4.68 Å². The molecule has 1 fully saturated rings. The van der Waals surface area contributed by atoms with E-state index in [0.717, 1.165) is 30.8 Å². The number of tetrazole rings is 1. The highest BCUT2D eigenvalue weighted by Gasteiger charge is 2.18. The summed E-state index contributed by atoms with van der Waals surface area (Å²) in [5.74, 6) is 0.782. The van der Waals surface area contributed by atoms with Crippen LogP contribution in [0.3, 0.4) is 0 Å². The molecule has 1 aromatic carbocycles. The highest BCUT2D eigenvalue weighted by molar-refractivity contribution is 7.71. The fourth-order valence-corrected chi connectivity index (χ4v) is 2.83. The third-order valence-electron chi connectivity index (χ3n) is 3.77. The van der Waals surface area contributed by atoms with E-state index in [0.29, 0.717) is 18.0 Å². The van der Waals surface area contributed by atoms with Gasteiger partial charge in [-0.3, -0.25) is 4.90 Å². The van der Waals surface area contributed by atoms with Crippen molar-refractivity contribution in [2.45, 2.75) is 25.6 Å². The molecular formula is C14H19N5O2S. The van der Waals surface area contributed by atoms with Crippen LogP contribution < -0.4 is 4.74 Å². The van der Waals surface area contributed by atoms with Crippen LogP contribution in [0.2, 0.25) is 0 Å². The summed E-state index contributed by atoms with van der Waals surface area (Å²) in [7, 11) is 1.63. The van der Waals surface area contributed by atoms with Crippen molar-refractivity contribution in [3.8, 4) is 11.4 Å². The number of rotatable bonds is 4. The first kappa shape index (κ1) is 15.1. The van der Waals surface area contributed by atoms with Crippen molar-refractivity contribution in [2.75, 3.05) is 20.2 Å². The summed E-state index contributed by atoms with van der Waals surface area (Å²) < 4.78 is 8.98. The van der Waals surface area contributed by atoms with Gasteiger partial charge in [0.25, 0.3) is 0 Å². The Morgan fingerprint density at radius 3 is 2.77 bits per heavy atom. The van der Waals surface area contributed by atoms with E-state index in [4.69, 9.17) is 17.0 Å². The van der Waals surface area contributed by atoms with Crippen LogP contribution in [0.4, 0.5) is 0 Å². The zero-order valence-electron chi connectivity index (χ0n) is 12.4. The third kappa shape index (κ3) is 3.18. The topological polar surface area (TPSA) is 68.3 Å². The summed E-state index contributed by atoms with van der Waals surface area (Å²) in [5, 5.41) is 18.0. The maximum absolute atomic E-state index is 9.73. The smallest absolute Gasteiger partial charge is 0.221 e. The van der Waals surface area contributed by atoms with E-state index >= 15 is 0 Å².